The Hall–Kier alpha value is -4.93. The normalized spacial score (nSPS) is 14.7. The number of ether oxygens (including phenoxy) is 2. The highest BCUT2D eigenvalue weighted by Gasteiger charge is 2.37. The van der Waals surface area contributed by atoms with Crippen LogP contribution in [0.5, 0.6) is 23.0 Å². The predicted molar refractivity (Wildman–Crippen MR) is 175 cm³/mol. The van der Waals surface area contributed by atoms with Gasteiger partial charge >= 0.3 is 0 Å². The Kier molecular flexibility index (Phi) is 5.18. The summed E-state index contributed by atoms with van der Waals surface area (Å²) in [6.07, 6.45) is 0. The molecule has 4 heteroatoms. The third kappa shape index (κ3) is 3.70. The molecule has 0 N–H and O–H groups in total. The standard InChI is InChI=1S/C39H27NO2S/c1-39(2)29-10-4-3-9-27(29)28-22-35-36(23-30(28)39)41-33-20-17-25(21-34(33)42-35)24-15-18-26(19-16-24)40-31-11-5-7-13-37(31)43-38-14-8-6-12-32(38)40/h3-23H,1-2H3. The van der Waals surface area contributed by atoms with Gasteiger partial charge in [-0.1, -0.05) is 92.3 Å². The zero-order valence-electron chi connectivity index (χ0n) is 23.8. The van der Waals surface area contributed by atoms with E-state index in [2.05, 4.69) is 140 Å². The topological polar surface area (TPSA) is 21.7 Å². The number of fused-ring (bicyclic) bond motifs is 7. The number of hydrogen-bond acceptors (Lipinski definition) is 4. The van der Waals surface area contributed by atoms with Gasteiger partial charge in [-0.25, -0.2) is 0 Å². The lowest BCUT2D eigenvalue weighted by atomic mass is 9.82. The summed E-state index contributed by atoms with van der Waals surface area (Å²) in [5.41, 5.74) is 10.8. The van der Waals surface area contributed by atoms with Crippen LogP contribution in [0.4, 0.5) is 17.1 Å². The highest BCUT2D eigenvalue weighted by Crippen LogP contribution is 2.55. The summed E-state index contributed by atoms with van der Waals surface area (Å²) in [5, 5.41) is 0. The fourth-order valence-corrected chi connectivity index (χ4v) is 7.80. The zero-order chi connectivity index (χ0) is 28.7. The third-order valence-electron chi connectivity index (χ3n) is 8.92. The van der Waals surface area contributed by atoms with E-state index < -0.39 is 0 Å². The third-order valence-corrected chi connectivity index (χ3v) is 10.1. The molecule has 0 saturated heterocycles. The Balaban J connectivity index is 1.05. The number of nitrogens with zero attached hydrogens (tertiary/aromatic N) is 1. The van der Waals surface area contributed by atoms with E-state index in [1.807, 2.05) is 17.8 Å². The molecule has 6 aromatic rings. The molecule has 2 aliphatic heterocycles. The van der Waals surface area contributed by atoms with Crippen molar-refractivity contribution < 1.29 is 9.47 Å². The number of anilines is 3. The molecule has 0 atom stereocenters. The molecule has 0 unspecified atom stereocenters. The minimum atomic E-state index is -0.0855. The number of rotatable bonds is 2. The molecule has 0 fully saturated rings. The van der Waals surface area contributed by atoms with E-state index in [4.69, 9.17) is 9.47 Å². The van der Waals surface area contributed by atoms with Gasteiger partial charge in [0.1, 0.15) is 0 Å². The molecule has 0 amide bonds. The molecule has 1 aliphatic carbocycles. The smallest absolute Gasteiger partial charge is 0.170 e. The van der Waals surface area contributed by atoms with Crippen molar-refractivity contribution in [2.75, 3.05) is 4.90 Å². The lowest BCUT2D eigenvalue weighted by Crippen LogP contribution is -2.15. The zero-order valence-corrected chi connectivity index (χ0v) is 24.6. The van der Waals surface area contributed by atoms with Crippen LogP contribution < -0.4 is 14.4 Å². The van der Waals surface area contributed by atoms with Crippen molar-refractivity contribution in [2.45, 2.75) is 29.1 Å². The highest BCUT2D eigenvalue weighted by atomic mass is 32.2. The van der Waals surface area contributed by atoms with Crippen LogP contribution in [-0.4, -0.2) is 0 Å². The summed E-state index contributed by atoms with van der Waals surface area (Å²) in [6, 6.07) is 45.2. The van der Waals surface area contributed by atoms with Gasteiger partial charge in [0.15, 0.2) is 23.0 Å². The molecule has 0 spiro atoms. The van der Waals surface area contributed by atoms with Crippen molar-refractivity contribution in [2.24, 2.45) is 0 Å². The maximum atomic E-state index is 6.51. The molecule has 206 valence electrons. The van der Waals surface area contributed by atoms with Crippen LogP contribution in [0.3, 0.4) is 0 Å². The van der Waals surface area contributed by atoms with Crippen molar-refractivity contribution in [3.63, 3.8) is 0 Å². The van der Waals surface area contributed by atoms with Gasteiger partial charge in [-0.15, -0.1) is 0 Å². The van der Waals surface area contributed by atoms with Crippen LogP contribution in [0, 0.1) is 0 Å². The summed E-state index contributed by atoms with van der Waals surface area (Å²) in [7, 11) is 0. The number of benzene rings is 6. The van der Waals surface area contributed by atoms with Crippen molar-refractivity contribution in [1.82, 2.24) is 0 Å². The molecule has 2 heterocycles. The molecule has 3 aliphatic rings. The molecule has 9 rings (SSSR count). The molecule has 43 heavy (non-hydrogen) atoms. The van der Waals surface area contributed by atoms with Gasteiger partial charge in [0.05, 0.1) is 11.4 Å². The Bertz CT molecular complexity index is 2050. The van der Waals surface area contributed by atoms with Gasteiger partial charge in [0.25, 0.3) is 0 Å². The van der Waals surface area contributed by atoms with Crippen molar-refractivity contribution >= 4 is 28.8 Å². The molecule has 6 aromatic carbocycles. The second-order valence-corrected chi connectivity index (χ2v) is 12.9. The average Bonchev–Trinajstić information content (AvgIpc) is 3.27. The van der Waals surface area contributed by atoms with Crippen molar-refractivity contribution in [3.05, 3.63) is 139 Å². The molecular formula is C39H27NO2S. The SMILES string of the molecule is CC1(C)c2ccccc2-c2cc3c(cc21)Oc1ccc(-c2ccc(N4c5ccccc5Sc5ccccc54)cc2)cc1O3. The van der Waals surface area contributed by atoms with E-state index in [1.165, 1.54) is 43.4 Å². The van der Waals surface area contributed by atoms with Crippen LogP contribution in [0.2, 0.25) is 0 Å². The molecule has 0 radical (unpaired) electrons. The van der Waals surface area contributed by atoms with Gasteiger partial charge in [0, 0.05) is 20.9 Å². The van der Waals surface area contributed by atoms with E-state index >= 15 is 0 Å². The summed E-state index contributed by atoms with van der Waals surface area (Å²) in [5.74, 6) is 2.99. The van der Waals surface area contributed by atoms with Crippen LogP contribution in [0.25, 0.3) is 22.3 Å². The minimum Gasteiger partial charge on any atom is -0.450 e. The van der Waals surface area contributed by atoms with Gasteiger partial charge in [-0.05, 0) is 94.0 Å². The Labute approximate surface area is 255 Å². The Morgan fingerprint density at radius 2 is 1.12 bits per heavy atom. The van der Waals surface area contributed by atoms with Crippen molar-refractivity contribution in [3.8, 4) is 45.3 Å². The van der Waals surface area contributed by atoms with E-state index in [1.54, 1.807) is 0 Å². The Morgan fingerprint density at radius 3 is 1.88 bits per heavy atom. The molecule has 0 bridgehead atoms. The van der Waals surface area contributed by atoms with Gasteiger partial charge in [-0.3, -0.25) is 0 Å². The van der Waals surface area contributed by atoms with Gasteiger partial charge in [0.2, 0.25) is 0 Å². The molecule has 3 nitrogen and oxygen atoms in total. The van der Waals surface area contributed by atoms with Crippen molar-refractivity contribution in [1.29, 1.82) is 0 Å². The molecule has 0 saturated carbocycles. The summed E-state index contributed by atoms with van der Waals surface area (Å²) >= 11 is 1.82. The number of para-hydroxylation sites is 2. The van der Waals surface area contributed by atoms with Crippen LogP contribution in [0.15, 0.2) is 137 Å². The van der Waals surface area contributed by atoms with Gasteiger partial charge < -0.3 is 14.4 Å². The fraction of sp³-hybridized carbons (Fsp3) is 0.0769. The average molecular weight is 574 g/mol. The minimum absolute atomic E-state index is 0.0855. The first-order chi connectivity index (χ1) is 21.0. The predicted octanol–water partition coefficient (Wildman–Crippen LogP) is 11.5. The number of hydrogen-bond donors (Lipinski definition) is 0. The summed E-state index contributed by atoms with van der Waals surface area (Å²) in [6.45, 7) is 4.56. The molecular weight excluding hydrogens is 547 g/mol. The first-order valence-corrected chi connectivity index (χ1v) is 15.4. The second kappa shape index (κ2) is 9.03. The summed E-state index contributed by atoms with van der Waals surface area (Å²) < 4.78 is 12.9. The first kappa shape index (κ1) is 24.6. The van der Waals surface area contributed by atoms with E-state index in [0.29, 0.717) is 0 Å². The maximum absolute atomic E-state index is 6.51. The maximum Gasteiger partial charge on any atom is 0.170 e. The van der Waals surface area contributed by atoms with Crippen LogP contribution in [0.1, 0.15) is 25.0 Å². The lowest BCUT2D eigenvalue weighted by molar-refractivity contribution is 0.359. The Morgan fingerprint density at radius 1 is 0.512 bits per heavy atom. The monoisotopic (exact) mass is 573 g/mol. The second-order valence-electron chi connectivity index (χ2n) is 11.8. The van der Waals surface area contributed by atoms with Crippen LogP contribution >= 0.6 is 11.8 Å². The van der Waals surface area contributed by atoms with E-state index in [0.717, 1.165) is 39.8 Å². The highest BCUT2D eigenvalue weighted by molar-refractivity contribution is 7.99. The fourth-order valence-electron chi connectivity index (χ4n) is 6.74. The largest absolute Gasteiger partial charge is 0.450 e. The van der Waals surface area contributed by atoms with E-state index in [-0.39, 0.29) is 5.41 Å². The summed E-state index contributed by atoms with van der Waals surface area (Å²) in [4.78, 5) is 4.87. The molecule has 0 aromatic heterocycles. The quantitative estimate of drug-likeness (QED) is 0.205. The lowest BCUT2D eigenvalue weighted by Gasteiger charge is -2.32. The van der Waals surface area contributed by atoms with E-state index in [9.17, 15) is 0 Å². The van der Waals surface area contributed by atoms with Crippen LogP contribution in [-0.2, 0) is 5.41 Å². The van der Waals surface area contributed by atoms with Gasteiger partial charge in [-0.2, -0.15) is 0 Å². The first-order valence-electron chi connectivity index (χ1n) is 14.6.